The minimum atomic E-state index is -4.56. The normalized spacial score (nSPS) is 11.2. The second kappa shape index (κ2) is 9.98. The molecule has 10 nitrogen and oxygen atoms in total. The van der Waals surface area contributed by atoms with E-state index in [1.807, 2.05) is 0 Å². The fourth-order valence-corrected chi connectivity index (χ4v) is 3.06. The monoisotopic (exact) mass is 451 g/mol. The van der Waals surface area contributed by atoms with Gasteiger partial charge in [0.2, 0.25) is 0 Å². The molecule has 0 atom stereocenters. The van der Waals surface area contributed by atoms with Crippen LogP contribution in [0.3, 0.4) is 0 Å². The number of anilines is 2. The molecule has 0 spiro atoms. The van der Waals surface area contributed by atoms with Crippen LogP contribution in [0.25, 0.3) is 0 Å². The summed E-state index contributed by atoms with van der Waals surface area (Å²) in [7, 11) is -4.56. The summed E-state index contributed by atoms with van der Waals surface area (Å²) in [6, 6.07) is 14.3. The van der Waals surface area contributed by atoms with Crippen LogP contribution < -0.4 is 5.32 Å². The number of hydrogen-bond donors (Lipinski definition) is 3. The summed E-state index contributed by atoms with van der Waals surface area (Å²) in [6.45, 7) is 1.79. The second-order valence-electron chi connectivity index (χ2n) is 6.25. The zero-order valence-electron chi connectivity index (χ0n) is 16.6. The Morgan fingerprint density at radius 1 is 1.00 bits per heavy atom. The van der Waals surface area contributed by atoms with Gasteiger partial charge in [-0.05, 0) is 67.1 Å². The SMILES string of the molecule is Cc1cc(O)ccc1N=Nc1ccc(Nc2ccc(S(=O)(=O)O)cc2[N+](=O)[O-])cc1.[Na]. The topological polar surface area (TPSA) is 154 Å². The van der Waals surface area contributed by atoms with Crippen molar-refractivity contribution in [2.75, 3.05) is 5.32 Å². The second-order valence-corrected chi connectivity index (χ2v) is 7.68. The van der Waals surface area contributed by atoms with Crippen LogP contribution in [0.5, 0.6) is 5.75 Å². The molecular weight excluding hydrogens is 435 g/mol. The van der Waals surface area contributed by atoms with Gasteiger partial charge in [0.15, 0.2) is 0 Å². The van der Waals surface area contributed by atoms with Gasteiger partial charge in [0.1, 0.15) is 16.3 Å². The molecule has 155 valence electrons. The maximum Gasteiger partial charge on any atom is 0.294 e. The van der Waals surface area contributed by atoms with E-state index in [-0.39, 0.29) is 41.0 Å². The van der Waals surface area contributed by atoms with Gasteiger partial charge in [-0.25, -0.2) is 0 Å². The van der Waals surface area contributed by atoms with Gasteiger partial charge >= 0.3 is 0 Å². The van der Waals surface area contributed by atoms with Gasteiger partial charge in [-0.1, -0.05) is 0 Å². The van der Waals surface area contributed by atoms with E-state index < -0.39 is 25.6 Å². The number of aromatic hydroxyl groups is 1. The maximum atomic E-state index is 11.3. The van der Waals surface area contributed by atoms with E-state index in [4.69, 9.17) is 4.55 Å². The van der Waals surface area contributed by atoms with E-state index in [0.717, 1.165) is 17.7 Å². The van der Waals surface area contributed by atoms with E-state index in [9.17, 15) is 23.6 Å². The Morgan fingerprint density at radius 3 is 2.26 bits per heavy atom. The third-order valence-electron chi connectivity index (χ3n) is 4.06. The molecule has 0 saturated heterocycles. The van der Waals surface area contributed by atoms with Gasteiger partial charge in [-0.15, -0.1) is 0 Å². The summed E-state index contributed by atoms with van der Waals surface area (Å²) in [5, 5.41) is 31.7. The van der Waals surface area contributed by atoms with E-state index >= 15 is 0 Å². The van der Waals surface area contributed by atoms with Crippen molar-refractivity contribution in [1.29, 1.82) is 0 Å². The number of nitrogens with zero attached hydrogens (tertiary/aromatic N) is 3. The zero-order chi connectivity index (χ0) is 21.9. The number of nitrogens with one attached hydrogen (secondary N) is 1. The van der Waals surface area contributed by atoms with Gasteiger partial charge in [-0.3, -0.25) is 14.7 Å². The van der Waals surface area contributed by atoms with Crippen LogP contribution in [0.2, 0.25) is 0 Å². The van der Waals surface area contributed by atoms with Crippen molar-refractivity contribution in [3.63, 3.8) is 0 Å². The van der Waals surface area contributed by atoms with Crippen molar-refractivity contribution in [3.8, 4) is 5.75 Å². The van der Waals surface area contributed by atoms with Crippen LogP contribution >= 0.6 is 0 Å². The number of benzene rings is 3. The third kappa shape index (κ3) is 6.32. The smallest absolute Gasteiger partial charge is 0.294 e. The number of azo groups is 1. The largest absolute Gasteiger partial charge is 0.508 e. The standard InChI is InChI=1S/C19H16N4O6S.Na/c1-12-10-15(24)6-8-17(12)22-21-14-4-2-13(3-5-14)20-18-9-7-16(30(27,28)29)11-19(18)23(25)26;/h2-11,20,24H,1H3,(H,27,28,29);. The molecule has 0 aliphatic rings. The molecule has 0 fully saturated rings. The third-order valence-corrected chi connectivity index (χ3v) is 4.91. The summed E-state index contributed by atoms with van der Waals surface area (Å²) < 4.78 is 31.5. The van der Waals surface area contributed by atoms with Gasteiger partial charge < -0.3 is 10.4 Å². The molecule has 0 aromatic heterocycles. The fourth-order valence-electron chi connectivity index (χ4n) is 2.56. The number of phenols is 1. The molecule has 31 heavy (non-hydrogen) atoms. The van der Waals surface area contributed by atoms with Crippen molar-refractivity contribution in [2.45, 2.75) is 11.8 Å². The van der Waals surface area contributed by atoms with Gasteiger partial charge in [0.05, 0.1) is 16.3 Å². The van der Waals surface area contributed by atoms with Crippen LogP contribution in [0, 0.1) is 17.0 Å². The summed E-state index contributed by atoms with van der Waals surface area (Å²) >= 11 is 0. The summed E-state index contributed by atoms with van der Waals surface area (Å²) in [6.07, 6.45) is 0. The molecule has 3 aromatic rings. The van der Waals surface area contributed by atoms with Gasteiger partial charge in [0.25, 0.3) is 15.8 Å². The number of phenolic OH excluding ortho intramolecular Hbond substituents is 1. The van der Waals surface area contributed by atoms with Crippen molar-refractivity contribution < 1.29 is 23.0 Å². The summed E-state index contributed by atoms with van der Waals surface area (Å²) in [5.74, 6) is 0.139. The van der Waals surface area contributed by atoms with Crippen LogP contribution in [0.1, 0.15) is 5.56 Å². The van der Waals surface area contributed by atoms with E-state index in [0.29, 0.717) is 17.1 Å². The number of aryl methyl sites for hydroxylation is 1. The molecule has 12 heteroatoms. The number of hydrogen-bond acceptors (Lipinski definition) is 8. The quantitative estimate of drug-likeness (QED) is 0.162. The molecule has 0 unspecified atom stereocenters. The van der Waals surface area contributed by atoms with Gasteiger partial charge in [0, 0.05) is 41.3 Å². The molecule has 0 heterocycles. The minimum absolute atomic E-state index is 0. The molecule has 3 rings (SSSR count). The van der Waals surface area contributed by atoms with E-state index in [1.54, 1.807) is 43.3 Å². The molecule has 0 saturated carbocycles. The molecule has 0 bridgehead atoms. The Balaban J connectivity index is 0.00000341. The van der Waals surface area contributed by atoms with Crippen LogP contribution in [0.4, 0.5) is 28.4 Å². The van der Waals surface area contributed by atoms with Crippen LogP contribution in [-0.4, -0.2) is 52.6 Å². The maximum absolute atomic E-state index is 11.3. The van der Waals surface area contributed by atoms with Gasteiger partial charge in [-0.2, -0.15) is 18.6 Å². The van der Waals surface area contributed by atoms with Crippen molar-refractivity contribution in [3.05, 3.63) is 76.3 Å². The van der Waals surface area contributed by atoms with E-state index in [2.05, 4.69) is 15.5 Å². The number of nitro benzene ring substituents is 1. The average Bonchev–Trinajstić information content (AvgIpc) is 2.68. The predicted molar refractivity (Wildman–Crippen MR) is 115 cm³/mol. The van der Waals surface area contributed by atoms with Crippen molar-refractivity contribution in [1.82, 2.24) is 0 Å². The van der Waals surface area contributed by atoms with Crippen LogP contribution in [0.15, 0.2) is 75.8 Å². The zero-order valence-corrected chi connectivity index (χ0v) is 19.4. The van der Waals surface area contributed by atoms with Crippen molar-refractivity contribution in [2.24, 2.45) is 10.2 Å². The fraction of sp³-hybridized carbons (Fsp3) is 0.0526. The minimum Gasteiger partial charge on any atom is -0.508 e. The number of nitro groups is 1. The van der Waals surface area contributed by atoms with E-state index in [1.165, 1.54) is 12.1 Å². The first-order valence-electron chi connectivity index (χ1n) is 8.48. The Kier molecular flexibility index (Phi) is 7.87. The molecule has 3 aromatic carbocycles. The Bertz CT molecular complexity index is 1250. The number of rotatable bonds is 6. The molecule has 0 aliphatic carbocycles. The molecular formula is C19H16N4NaO6S. The molecule has 0 aliphatic heterocycles. The molecule has 1 radical (unpaired) electrons. The van der Waals surface area contributed by atoms with Crippen LogP contribution in [-0.2, 0) is 10.1 Å². The summed E-state index contributed by atoms with van der Waals surface area (Å²) in [5.41, 5.74) is 1.95. The Hall–Kier alpha value is -2.83. The first kappa shape index (κ1) is 24.4. The summed E-state index contributed by atoms with van der Waals surface area (Å²) in [4.78, 5) is 9.94. The predicted octanol–water partition coefficient (Wildman–Crippen LogP) is 4.63. The van der Waals surface area contributed by atoms with Crippen molar-refractivity contribution >= 4 is 68.1 Å². The molecule has 0 amide bonds. The Morgan fingerprint density at radius 2 is 1.68 bits per heavy atom. The first-order chi connectivity index (χ1) is 14.1. The average molecular weight is 451 g/mol. The molecule has 3 N–H and O–H groups in total. The Labute approximate surface area is 199 Å². The first-order valence-corrected chi connectivity index (χ1v) is 9.92.